The maximum atomic E-state index is 4.31. The first-order valence-electron chi connectivity index (χ1n) is 6.55. The lowest BCUT2D eigenvalue weighted by Crippen LogP contribution is -2.31. The monoisotopic (exact) mass is 238 g/mol. The molecule has 1 rings (SSSR count). The summed E-state index contributed by atoms with van der Waals surface area (Å²) in [6, 6.07) is 0.546. The molecule has 98 valence electrons. The Kier molecular flexibility index (Phi) is 5.62. The second-order valence-electron chi connectivity index (χ2n) is 5.56. The number of hydrogen-bond donors (Lipinski definition) is 1. The molecule has 0 saturated heterocycles. The van der Waals surface area contributed by atoms with Crippen molar-refractivity contribution in [1.29, 1.82) is 0 Å². The smallest absolute Gasteiger partial charge is 0.138 e. The van der Waals surface area contributed by atoms with Gasteiger partial charge in [0.1, 0.15) is 12.2 Å². The average Bonchev–Trinajstić information content (AvgIpc) is 2.60. The summed E-state index contributed by atoms with van der Waals surface area (Å²) < 4.78 is 1.88. The largest absolute Gasteiger partial charge is 0.314 e. The van der Waals surface area contributed by atoms with Crippen LogP contribution in [0.5, 0.6) is 0 Å². The molecular formula is C13H26N4. The lowest BCUT2D eigenvalue weighted by molar-refractivity contribution is 0.364. The topological polar surface area (TPSA) is 42.7 Å². The van der Waals surface area contributed by atoms with E-state index in [4.69, 9.17) is 0 Å². The normalized spacial score (nSPS) is 13.6. The van der Waals surface area contributed by atoms with Gasteiger partial charge in [0.25, 0.3) is 0 Å². The van der Waals surface area contributed by atoms with Gasteiger partial charge in [-0.15, -0.1) is 0 Å². The summed E-state index contributed by atoms with van der Waals surface area (Å²) >= 11 is 0. The maximum absolute atomic E-state index is 4.31. The van der Waals surface area contributed by atoms with Crippen LogP contribution in [-0.2, 0) is 13.5 Å². The van der Waals surface area contributed by atoms with E-state index in [1.54, 1.807) is 6.33 Å². The van der Waals surface area contributed by atoms with Gasteiger partial charge in [0.15, 0.2) is 0 Å². The fourth-order valence-corrected chi connectivity index (χ4v) is 2.07. The van der Waals surface area contributed by atoms with E-state index >= 15 is 0 Å². The van der Waals surface area contributed by atoms with Crippen molar-refractivity contribution >= 4 is 0 Å². The lowest BCUT2D eigenvalue weighted by atomic mass is 9.93. The second kappa shape index (κ2) is 6.74. The first kappa shape index (κ1) is 14.2. The Morgan fingerprint density at radius 3 is 2.47 bits per heavy atom. The second-order valence-corrected chi connectivity index (χ2v) is 5.56. The fourth-order valence-electron chi connectivity index (χ4n) is 2.07. The zero-order chi connectivity index (χ0) is 12.8. The molecule has 1 aromatic rings. The quantitative estimate of drug-likeness (QED) is 0.790. The van der Waals surface area contributed by atoms with Crippen molar-refractivity contribution in [2.75, 3.05) is 6.54 Å². The van der Waals surface area contributed by atoms with Gasteiger partial charge in [-0.3, -0.25) is 4.68 Å². The Morgan fingerprint density at radius 2 is 2.00 bits per heavy atom. The summed E-state index contributed by atoms with van der Waals surface area (Å²) in [5.41, 5.74) is 0. The molecule has 1 aromatic heterocycles. The summed E-state index contributed by atoms with van der Waals surface area (Å²) in [6.07, 6.45) is 3.87. The highest BCUT2D eigenvalue weighted by Gasteiger charge is 2.14. The third kappa shape index (κ3) is 5.31. The molecule has 0 aliphatic heterocycles. The highest BCUT2D eigenvalue weighted by atomic mass is 15.3. The van der Waals surface area contributed by atoms with E-state index in [9.17, 15) is 0 Å². The summed E-state index contributed by atoms with van der Waals surface area (Å²) in [4.78, 5) is 4.31. The fraction of sp³-hybridized carbons (Fsp3) is 0.846. The Morgan fingerprint density at radius 1 is 1.29 bits per heavy atom. The third-order valence-corrected chi connectivity index (χ3v) is 2.90. The van der Waals surface area contributed by atoms with Crippen LogP contribution in [0.2, 0.25) is 0 Å². The molecule has 0 fully saturated rings. The molecule has 1 N–H and O–H groups in total. The zero-order valence-corrected chi connectivity index (χ0v) is 11.8. The van der Waals surface area contributed by atoms with Crippen LogP contribution in [0.4, 0.5) is 0 Å². The van der Waals surface area contributed by atoms with Crippen molar-refractivity contribution in [3.05, 3.63) is 12.2 Å². The number of aromatic nitrogens is 3. The van der Waals surface area contributed by atoms with Crippen molar-refractivity contribution < 1.29 is 0 Å². The zero-order valence-electron chi connectivity index (χ0n) is 11.8. The van der Waals surface area contributed by atoms with Crippen molar-refractivity contribution in [2.24, 2.45) is 18.9 Å². The Bertz CT molecular complexity index is 317. The molecule has 0 spiro atoms. The van der Waals surface area contributed by atoms with E-state index in [1.165, 1.54) is 6.42 Å². The molecule has 17 heavy (non-hydrogen) atoms. The Balaban J connectivity index is 2.54. The minimum absolute atomic E-state index is 0.546. The van der Waals surface area contributed by atoms with Crippen molar-refractivity contribution in [2.45, 2.75) is 46.6 Å². The van der Waals surface area contributed by atoms with Gasteiger partial charge < -0.3 is 5.32 Å². The molecule has 1 heterocycles. The van der Waals surface area contributed by atoms with E-state index in [0.29, 0.717) is 12.0 Å². The molecule has 0 radical (unpaired) electrons. The van der Waals surface area contributed by atoms with E-state index < -0.39 is 0 Å². The minimum atomic E-state index is 0.546. The van der Waals surface area contributed by atoms with Gasteiger partial charge in [-0.25, -0.2) is 4.98 Å². The summed E-state index contributed by atoms with van der Waals surface area (Å²) in [6.45, 7) is 9.99. The number of nitrogens with one attached hydrogen (secondary N) is 1. The summed E-state index contributed by atoms with van der Waals surface area (Å²) in [7, 11) is 1.96. The Labute approximate surface area is 105 Å². The predicted octanol–water partition coefficient (Wildman–Crippen LogP) is 2.02. The number of nitrogens with zero attached hydrogens (tertiary/aromatic N) is 3. The standard InChI is InChI=1S/C13H26N4/c1-10(2)6-12(8-14-11(3)4)7-13-15-9-16-17(13)5/h9-12,14H,6-8H2,1-5H3. The molecule has 0 bridgehead atoms. The molecule has 4 heteroatoms. The van der Waals surface area contributed by atoms with Crippen LogP contribution in [0.25, 0.3) is 0 Å². The molecular weight excluding hydrogens is 212 g/mol. The van der Waals surface area contributed by atoms with E-state index in [-0.39, 0.29) is 0 Å². The SMILES string of the molecule is CC(C)CC(CNC(C)C)Cc1ncnn1C. The first-order valence-corrected chi connectivity index (χ1v) is 6.55. The molecule has 4 nitrogen and oxygen atoms in total. The van der Waals surface area contributed by atoms with Crippen molar-refractivity contribution in [3.8, 4) is 0 Å². The van der Waals surface area contributed by atoms with Crippen LogP contribution in [0, 0.1) is 11.8 Å². The van der Waals surface area contributed by atoms with Gasteiger partial charge in [-0.2, -0.15) is 5.10 Å². The lowest BCUT2D eigenvalue weighted by Gasteiger charge is -2.20. The van der Waals surface area contributed by atoms with Crippen LogP contribution in [-0.4, -0.2) is 27.4 Å². The van der Waals surface area contributed by atoms with Gasteiger partial charge >= 0.3 is 0 Å². The van der Waals surface area contributed by atoms with Crippen molar-refractivity contribution in [3.63, 3.8) is 0 Å². The molecule has 0 aromatic carbocycles. The molecule has 0 aliphatic rings. The Hall–Kier alpha value is -0.900. The number of aryl methyl sites for hydroxylation is 1. The third-order valence-electron chi connectivity index (χ3n) is 2.90. The molecule has 0 saturated carbocycles. The highest BCUT2D eigenvalue weighted by molar-refractivity contribution is 4.87. The first-order chi connectivity index (χ1) is 7.99. The maximum Gasteiger partial charge on any atom is 0.138 e. The van der Waals surface area contributed by atoms with Gasteiger partial charge in [0.05, 0.1) is 0 Å². The average molecular weight is 238 g/mol. The van der Waals surface area contributed by atoms with Crippen LogP contribution < -0.4 is 5.32 Å². The van der Waals surface area contributed by atoms with Gasteiger partial charge in [0, 0.05) is 19.5 Å². The molecule has 0 aliphatic carbocycles. The van der Waals surface area contributed by atoms with E-state index in [1.807, 2.05) is 11.7 Å². The van der Waals surface area contributed by atoms with E-state index in [0.717, 1.165) is 24.7 Å². The molecule has 1 atom stereocenters. The van der Waals surface area contributed by atoms with Gasteiger partial charge in [0.2, 0.25) is 0 Å². The molecule has 1 unspecified atom stereocenters. The number of rotatable bonds is 7. The van der Waals surface area contributed by atoms with Gasteiger partial charge in [-0.1, -0.05) is 27.7 Å². The minimum Gasteiger partial charge on any atom is -0.314 e. The highest BCUT2D eigenvalue weighted by Crippen LogP contribution is 2.15. The molecule has 0 amide bonds. The van der Waals surface area contributed by atoms with Crippen LogP contribution >= 0.6 is 0 Å². The predicted molar refractivity (Wildman–Crippen MR) is 70.8 cm³/mol. The summed E-state index contributed by atoms with van der Waals surface area (Å²) in [5, 5.41) is 7.65. The van der Waals surface area contributed by atoms with Crippen LogP contribution in [0.15, 0.2) is 6.33 Å². The van der Waals surface area contributed by atoms with Crippen LogP contribution in [0.1, 0.15) is 39.9 Å². The van der Waals surface area contributed by atoms with Gasteiger partial charge in [-0.05, 0) is 24.8 Å². The summed E-state index contributed by atoms with van der Waals surface area (Å²) in [5.74, 6) is 2.45. The van der Waals surface area contributed by atoms with Crippen LogP contribution in [0.3, 0.4) is 0 Å². The number of hydrogen-bond acceptors (Lipinski definition) is 3. The van der Waals surface area contributed by atoms with E-state index in [2.05, 4.69) is 43.1 Å². The van der Waals surface area contributed by atoms with Crippen molar-refractivity contribution in [1.82, 2.24) is 20.1 Å².